The molecule has 1 aromatic carbocycles. The molecule has 0 aliphatic rings. The highest BCUT2D eigenvalue weighted by Gasteiger charge is 2.18. The lowest BCUT2D eigenvalue weighted by molar-refractivity contribution is 0.600. The van der Waals surface area contributed by atoms with Crippen LogP contribution in [0.1, 0.15) is 30.5 Å². The minimum atomic E-state index is 0.0495. The zero-order valence-electron chi connectivity index (χ0n) is 10.4. The third-order valence-corrected chi connectivity index (χ3v) is 4.57. The van der Waals surface area contributed by atoms with Crippen molar-refractivity contribution in [2.75, 3.05) is 6.54 Å². The van der Waals surface area contributed by atoms with Gasteiger partial charge in [-0.1, -0.05) is 53.9 Å². The van der Waals surface area contributed by atoms with Crippen LogP contribution in [0.25, 0.3) is 0 Å². The zero-order chi connectivity index (χ0) is 13.8. The molecule has 0 radical (unpaired) electrons. The van der Waals surface area contributed by atoms with E-state index in [1.807, 2.05) is 30.3 Å². The molecule has 1 heterocycles. The summed E-state index contributed by atoms with van der Waals surface area (Å²) in [6.07, 6.45) is 1.06. The van der Waals surface area contributed by atoms with Crippen LogP contribution in [0.2, 0.25) is 13.7 Å². The Morgan fingerprint density at radius 1 is 1.16 bits per heavy atom. The maximum Gasteiger partial charge on any atom is 0.0995 e. The monoisotopic (exact) mass is 333 g/mol. The van der Waals surface area contributed by atoms with Gasteiger partial charge in [0.1, 0.15) is 0 Å². The quantitative estimate of drug-likeness (QED) is 0.729. The summed E-state index contributed by atoms with van der Waals surface area (Å²) in [5.74, 6) is 0. The van der Waals surface area contributed by atoms with Crippen LogP contribution in [0.5, 0.6) is 0 Å². The Labute approximate surface area is 132 Å². The van der Waals surface area contributed by atoms with Gasteiger partial charge in [-0.15, -0.1) is 11.3 Å². The lowest BCUT2D eigenvalue weighted by Crippen LogP contribution is -2.22. The van der Waals surface area contributed by atoms with Crippen LogP contribution in [-0.2, 0) is 0 Å². The third kappa shape index (κ3) is 3.87. The molecule has 0 aliphatic carbocycles. The van der Waals surface area contributed by atoms with Crippen LogP contribution in [0.15, 0.2) is 30.3 Å². The minimum absolute atomic E-state index is 0.0495. The molecule has 1 N–H and O–H groups in total. The van der Waals surface area contributed by atoms with Gasteiger partial charge in [-0.2, -0.15) is 0 Å². The smallest absolute Gasteiger partial charge is 0.0995 e. The normalized spacial score (nSPS) is 12.6. The second kappa shape index (κ2) is 6.96. The maximum atomic E-state index is 6.27. The van der Waals surface area contributed by atoms with E-state index in [1.165, 1.54) is 11.3 Å². The third-order valence-electron chi connectivity index (χ3n) is 2.80. The maximum absolute atomic E-state index is 6.27. The number of nitrogens with one attached hydrogen (secondary N) is 1. The summed E-state index contributed by atoms with van der Waals surface area (Å²) in [6, 6.07) is 9.78. The van der Waals surface area contributed by atoms with Crippen molar-refractivity contribution in [3.05, 3.63) is 55.2 Å². The molecule has 102 valence electrons. The fourth-order valence-corrected chi connectivity index (χ4v) is 3.56. The topological polar surface area (TPSA) is 12.0 Å². The van der Waals surface area contributed by atoms with Crippen molar-refractivity contribution in [1.82, 2.24) is 5.32 Å². The Morgan fingerprint density at radius 2 is 1.84 bits per heavy atom. The molecule has 19 heavy (non-hydrogen) atoms. The molecule has 1 atom stereocenters. The Morgan fingerprint density at radius 3 is 2.37 bits per heavy atom. The standard InChI is InChI=1S/C14H14Cl3NS/c1-2-7-18-13(9-3-5-10(15)6-4-9)11-8-12(16)19-14(11)17/h3-6,8,13,18H,2,7H2,1H3. The van der Waals surface area contributed by atoms with E-state index in [2.05, 4.69) is 12.2 Å². The molecule has 2 aromatic rings. The molecule has 1 nitrogen and oxygen atoms in total. The van der Waals surface area contributed by atoms with Crippen molar-refractivity contribution in [3.8, 4) is 0 Å². The summed E-state index contributed by atoms with van der Waals surface area (Å²) in [4.78, 5) is 0. The van der Waals surface area contributed by atoms with E-state index in [0.29, 0.717) is 4.34 Å². The highest BCUT2D eigenvalue weighted by Crippen LogP contribution is 2.37. The van der Waals surface area contributed by atoms with Crippen molar-refractivity contribution in [2.24, 2.45) is 0 Å². The average Bonchev–Trinajstić information content (AvgIpc) is 2.71. The van der Waals surface area contributed by atoms with E-state index in [9.17, 15) is 0 Å². The largest absolute Gasteiger partial charge is 0.306 e. The molecular formula is C14H14Cl3NS. The van der Waals surface area contributed by atoms with Gasteiger partial charge >= 0.3 is 0 Å². The molecule has 0 aliphatic heterocycles. The summed E-state index contributed by atoms with van der Waals surface area (Å²) in [6.45, 7) is 3.05. The van der Waals surface area contributed by atoms with Gasteiger partial charge in [0, 0.05) is 10.6 Å². The number of thiophene rings is 1. The number of rotatable bonds is 5. The van der Waals surface area contributed by atoms with Gasteiger partial charge in [0.25, 0.3) is 0 Å². The lowest BCUT2D eigenvalue weighted by atomic mass is 10.0. The SMILES string of the molecule is CCCNC(c1ccc(Cl)cc1)c1cc(Cl)sc1Cl. The van der Waals surface area contributed by atoms with Crippen LogP contribution in [0.4, 0.5) is 0 Å². The Bertz CT molecular complexity index is 536. The molecule has 0 fully saturated rings. The molecule has 5 heteroatoms. The fourth-order valence-electron chi connectivity index (χ4n) is 1.90. The number of halogens is 3. The molecule has 1 unspecified atom stereocenters. The lowest BCUT2D eigenvalue weighted by Gasteiger charge is -2.18. The van der Waals surface area contributed by atoms with Gasteiger partial charge in [-0.25, -0.2) is 0 Å². The summed E-state index contributed by atoms with van der Waals surface area (Å²) in [7, 11) is 0. The van der Waals surface area contributed by atoms with Crippen LogP contribution in [0.3, 0.4) is 0 Å². The number of benzene rings is 1. The second-order valence-corrected chi connectivity index (χ2v) is 6.94. The predicted molar refractivity (Wildman–Crippen MR) is 85.9 cm³/mol. The molecule has 2 rings (SSSR count). The Balaban J connectivity index is 2.35. The van der Waals surface area contributed by atoms with Crippen molar-refractivity contribution in [3.63, 3.8) is 0 Å². The predicted octanol–water partition coefficient (Wildman–Crippen LogP) is 5.80. The van der Waals surface area contributed by atoms with Gasteiger partial charge in [0.05, 0.1) is 14.7 Å². The van der Waals surface area contributed by atoms with Gasteiger partial charge in [0.15, 0.2) is 0 Å². The molecule has 0 bridgehead atoms. The molecule has 1 aromatic heterocycles. The minimum Gasteiger partial charge on any atom is -0.306 e. The summed E-state index contributed by atoms with van der Waals surface area (Å²) >= 11 is 19.6. The first-order valence-electron chi connectivity index (χ1n) is 6.05. The number of hydrogen-bond acceptors (Lipinski definition) is 2. The van der Waals surface area contributed by atoms with E-state index in [4.69, 9.17) is 34.8 Å². The van der Waals surface area contributed by atoms with E-state index in [0.717, 1.165) is 33.5 Å². The van der Waals surface area contributed by atoms with Gasteiger partial charge in [-0.05, 0) is 36.7 Å². The van der Waals surface area contributed by atoms with Crippen molar-refractivity contribution in [1.29, 1.82) is 0 Å². The van der Waals surface area contributed by atoms with Crippen LogP contribution in [0, 0.1) is 0 Å². The average molecular weight is 335 g/mol. The van der Waals surface area contributed by atoms with Crippen molar-refractivity contribution < 1.29 is 0 Å². The fraction of sp³-hybridized carbons (Fsp3) is 0.286. The summed E-state index contributed by atoms with van der Waals surface area (Å²) in [5, 5.41) is 4.23. The van der Waals surface area contributed by atoms with Gasteiger partial charge in [0.2, 0.25) is 0 Å². The molecule has 0 spiro atoms. The van der Waals surface area contributed by atoms with Crippen molar-refractivity contribution in [2.45, 2.75) is 19.4 Å². The molecule has 0 amide bonds. The molecular weight excluding hydrogens is 321 g/mol. The Kier molecular flexibility index (Phi) is 5.55. The highest BCUT2D eigenvalue weighted by molar-refractivity contribution is 7.20. The zero-order valence-corrected chi connectivity index (χ0v) is 13.5. The van der Waals surface area contributed by atoms with Gasteiger partial charge in [-0.3, -0.25) is 0 Å². The van der Waals surface area contributed by atoms with Crippen molar-refractivity contribution >= 4 is 46.1 Å². The van der Waals surface area contributed by atoms with Crippen LogP contribution >= 0.6 is 46.1 Å². The first-order valence-corrected chi connectivity index (χ1v) is 8.00. The van der Waals surface area contributed by atoms with Crippen LogP contribution < -0.4 is 5.32 Å². The molecule has 0 saturated carbocycles. The number of hydrogen-bond donors (Lipinski definition) is 1. The van der Waals surface area contributed by atoms with Crippen LogP contribution in [-0.4, -0.2) is 6.54 Å². The van der Waals surface area contributed by atoms with Gasteiger partial charge < -0.3 is 5.32 Å². The van der Waals surface area contributed by atoms with E-state index < -0.39 is 0 Å². The summed E-state index contributed by atoms with van der Waals surface area (Å²) < 4.78 is 1.44. The van der Waals surface area contributed by atoms with E-state index >= 15 is 0 Å². The van der Waals surface area contributed by atoms with E-state index in [1.54, 1.807) is 0 Å². The first-order chi connectivity index (χ1) is 9.11. The highest BCUT2D eigenvalue weighted by atomic mass is 35.5. The first kappa shape index (κ1) is 15.1. The molecule has 0 saturated heterocycles. The second-order valence-electron chi connectivity index (χ2n) is 4.22. The van der Waals surface area contributed by atoms with E-state index in [-0.39, 0.29) is 6.04 Å². The summed E-state index contributed by atoms with van der Waals surface area (Å²) in [5.41, 5.74) is 2.15. The Hall–Kier alpha value is -0.250.